The van der Waals surface area contributed by atoms with E-state index >= 15 is 0 Å². The lowest BCUT2D eigenvalue weighted by Gasteiger charge is -2.04. The summed E-state index contributed by atoms with van der Waals surface area (Å²) >= 11 is 0. The van der Waals surface area contributed by atoms with Gasteiger partial charge < -0.3 is 5.43 Å². The van der Waals surface area contributed by atoms with Crippen molar-refractivity contribution in [2.75, 3.05) is 5.43 Å². The summed E-state index contributed by atoms with van der Waals surface area (Å²) in [6.45, 7) is 1.77. The monoisotopic (exact) mass is 235 g/mol. The van der Waals surface area contributed by atoms with Crippen molar-refractivity contribution in [1.82, 2.24) is 19.7 Å². The molecule has 0 atom stereocenters. The molecule has 3 N–H and O–H groups in total. The molecular weight excluding hydrogens is 226 g/mol. The summed E-state index contributed by atoms with van der Waals surface area (Å²) in [6, 6.07) is 1.71. The van der Waals surface area contributed by atoms with Crippen molar-refractivity contribution in [3.8, 4) is 5.82 Å². The lowest BCUT2D eigenvalue weighted by Crippen LogP contribution is -2.14. The second-order valence-corrected chi connectivity index (χ2v) is 3.20. The van der Waals surface area contributed by atoms with Crippen molar-refractivity contribution >= 4 is 11.5 Å². The Hall–Kier alpha value is -2.55. The van der Waals surface area contributed by atoms with Crippen molar-refractivity contribution in [3.05, 3.63) is 34.4 Å². The van der Waals surface area contributed by atoms with Crippen LogP contribution in [0.25, 0.3) is 5.82 Å². The highest BCUT2D eigenvalue weighted by atomic mass is 16.6. The van der Waals surface area contributed by atoms with E-state index in [0.717, 1.165) is 5.69 Å². The molecule has 0 aliphatic heterocycles. The van der Waals surface area contributed by atoms with E-state index < -0.39 is 4.92 Å². The van der Waals surface area contributed by atoms with Gasteiger partial charge in [0.15, 0.2) is 0 Å². The minimum atomic E-state index is -0.610. The first-order chi connectivity index (χ1) is 8.13. The number of aromatic nitrogens is 4. The number of nitrogen functional groups attached to an aromatic ring is 1. The number of aryl methyl sites for hydroxylation is 1. The molecule has 0 saturated heterocycles. The van der Waals surface area contributed by atoms with Crippen LogP contribution in [-0.4, -0.2) is 24.7 Å². The van der Waals surface area contributed by atoms with Crippen LogP contribution in [0.1, 0.15) is 5.69 Å². The molecule has 0 amide bonds. The molecule has 2 heterocycles. The highest BCUT2D eigenvalue weighted by Crippen LogP contribution is 2.26. The van der Waals surface area contributed by atoms with Crippen LogP contribution in [0.5, 0.6) is 0 Å². The summed E-state index contributed by atoms with van der Waals surface area (Å²) in [7, 11) is 0. The van der Waals surface area contributed by atoms with Gasteiger partial charge in [-0.15, -0.1) is 0 Å². The Bertz CT molecular complexity index is 565. The fourth-order valence-electron chi connectivity index (χ4n) is 1.34. The van der Waals surface area contributed by atoms with E-state index in [1.807, 2.05) is 0 Å². The summed E-state index contributed by atoms with van der Waals surface area (Å²) in [5.74, 6) is 5.17. The smallest absolute Gasteiger partial charge is 0.303 e. The van der Waals surface area contributed by atoms with E-state index in [0.29, 0.717) is 0 Å². The van der Waals surface area contributed by atoms with Crippen LogP contribution < -0.4 is 11.3 Å². The molecule has 0 unspecified atom stereocenters. The van der Waals surface area contributed by atoms with Crippen molar-refractivity contribution in [1.29, 1.82) is 0 Å². The summed E-state index contributed by atoms with van der Waals surface area (Å²) in [5, 5.41) is 15.0. The quantitative estimate of drug-likeness (QED) is 0.441. The van der Waals surface area contributed by atoms with Crippen LogP contribution >= 0.6 is 0 Å². The summed E-state index contributed by atoms with van der Waals surface area (Å²) < 4.78 is 1.30. The van der Waals surface area contributed by atoms with Crippen molar-refractivity contribution in [2.24, 2.45) is 5.84 Å². The van der Waals surface area contributed by atoms with Gasteiger partial charge in [0.1, 0.15) is 6.33 Å². The average Bonchev–Trinajstić information content (AvgIpc) is 2.74. The van der Waals surface area contributed by atoms with Crippen molar-refractivity contribution < 1.29 is 4.92 Å². The third kappa shape index (κ3) is 1.90. The Kier molecular flexibility index (Phi) is 2.66. The van der Waals surface area contributed by atoms with E-state index in [4.69, 9.17) is 5.84 Å². The topological polar surface area (TPSA) is 125 Å². The predicted molar refractivity (Wildman–Crippen MR) is 58.4 cm³/mol. The van der Waals surface area contributed by atoms with Gasteiger partial charge in [0.2, 0.25) is 11.6 Å². The molecule has 0 fully saturated rings. The number of rotatable bonds is 3. The van der Waals surface area contributed by atoms with Crippen LogP contribution in [0.2, 0.25) is 0 Å². The zero-order chi connectivity index (χ0) is 12.4. The standard InChI is InChI=1S/C8H9N7O2/c1-5-2-3-14(13-5)8-6(15(16)17)7(12-9)10-4-11-8/h2-4H,9H2,1H3,(H,10,11,12). The van der Waals surface area contributed by atoms with Crippen LogP contribution in [0.15, 0.2) is 18.6 Å². The molecule has 0 saturated carbocycles. The van der Waals surface area contributed by atoms with Crippen molar-refractivity contribution in [3.63, 3.8) is 0 Å². The molecular formula is C8H9N7O2. The highest BCUT2D eigenvalue weighted by molar-refractivity contribution is 5.63. The molecule has 2 rings (SSSR count). The van der Waals surface area contributed by atoms with Crippen molar-refractivity contribution in [2.45, 2.75) is 6.92 Å². The molecule has 0 spiro atoms. The number of hydrogen-bond acceptors (Lipinski definition) is 7. The maximum absolute atomic E-state index is 11.0. The molecule has 0 radical (unpaired) electrons. The first-order valence-electron chi connectivity index (χ1n) is 4.62. The second-order valence-electron chi connectivity index (χ2n) is 3.20. The fraction of sp³-hybridized carbons (Fsp3) is 0.125. The number of nitrogens with two attached hydrogens (primary N) is 1. The molecule has 17 heavy (non-hydrogen) atoms. The minimum absolute atomic E-state index is 0.0612. The Morgan fingerprint density at radius 3 is 2.82 bits per heavy atom. The SMILES string of the molecule is Cc1ccn(-c2ncnc(NN)c2[N+](=O)[O-])n1. The van der Waals surface area contributed by atoms with Gasteiger partial charge in [0, 0.05) is 6.20 Å². The van der Waals surface area contributed by atoms with Crippen LogP contribution in [0, 0.1) is 17.0 Å². The molecule has 9 heteroatoms. The fourth-order valence-corrected chi connectivity index (χ4v) is 1.34. The molecule has 2 aromatic heterocycles. The van der Waals surface area contributed by atoms with Gasteiger partial charge in [0.05, 0.1) is 10.6 Å². The minimum Gasteiger partial charge on any atom is -0.303 e. The van der Waals surface area contributed by atoms with Gasteiger partial charge in [-0.05, 0) is 13.0 Å². The number of hydrogen-bond donors (Lipinski definition) is 2. The van der Waals surface area contributed by atoms with Gasteiger partial charge >= 0.3 is 5.69 Å². The summed E-state index contributed by atoms with van der Waals surface area (Å²) in [5.41, 5.74) is 2.56. The van der Waals surface area contributed by atoms with Crippen LogP contribution in [0.3, 0.4) is 0 Å². The third-order valence-corrected chi connectivity index (χ3v) is 2.06. The second kappa shape index (κ2) is 4.14. The van der Waals surface area contributed by atoms with Gasteiger partial charge in [-0.1, -0.05) is 0 Å². The molecule has 0 aliphatic carbocycles. The van der Waals surface area contributed by atoms with Gasteiger partial charge in [-0.2, -0.15) is 5.10 Å². The average molecular weight is 235 g/mol. The molecule has 88 valence electrons. The largest absolute Gasteiger partial charge is 0.356 e. The first-order valence-corrected chi connectivity index (χ1v) is 4.62. The van der Waals surface area contributed by atoms with Crippen LogP contribution in [0.4, 0.5) is 11.5 Å². The molecule has 9 nitrogen and oxygen atoms in total. The number of nitrogens with zero attached hydrogens (tertiary/aromatic N) is 5. The molecule has 0 aromatic carbocycles. The zero-order valence-corrected chi connectivity index (χ0v) is 8.86. The predicted octanol–water partition coefficient (Wildman–Crippen LogP) is 0.165. The van der Waals surface area contributed by atoms with Gasteiger partial charge in [-0.3, -0.25) is 10.1 Å². The third-order valence-electron chi connectivity index (χ3n) is 2.06. The number of nitrogens with one attached hydrogen (secondary N) is 1. The Balaban J connectivity index is 2.65. The Morgan fingerprint density at radius 2 is 2.29 bits per heavy atom. The first kappa shape index (κ1) is 11.0. The van der Waals surface area contributed by atoms with E-state index in [2.05, 4.69) is 20.5 Å². The van der Waals surface area contributed by atoms with E-state index in [-0.39, 0.29) is 17.3 Å². The maximum atomic E-state index is 11.0. The summed E-state index contributed by atoms with van der Waals surface area (Å²) in [4.78, 5) is 17.9. The lowest BCUT2D eigenvalue weighted by molar-refractivity contribution is -0.384. The maximum Gasteiger partial charge on any atom is 0.356 e. The number of hydrazine groups is 1. The number of nitro groups is 1. The molecule has 0 bridgehead atoms. The lowest BCUT2D eigenvalue weighted by atomic mass is 10.4. The molecule has 2 aromatic rings. The highest BCUT2D eigenvalue weighted by Gasteiger charge is 2.24. The van der Waals surface area contributed by atoms with E-state index in [1.165, 1.54) is 11.0 Å². The van der Waals surface area contributed by atoms with Gasteiger partial charge in [0.25, 0.3) is 0 Å². The molecule has 0 aliphatic rings. The Morgan fingerprint density at radius 1 is 1.53 bits per heavy atom. The van der Waals surface area contributed by atoms with Crippen LogP contribution in [-0.2, 0) is 0 Å². The van der Waals surface area contributed by atoms with Gasteiger partial charge in [-0.25, -0.2) is 20.5 Å². The zero-order valence-electron chi connectivity index (χ0n) is 8.86. The Labute approximate surface area is 95.4 Å². The van der Waals surface area contributed by atoms with E-state index in [9.17, 15) is 10.1 Å². The normalized spacial score (nSPS) is 10.2. The van der Waals surface area contributed by atoms with E-state index in [1.54, 1.807) is 19.2 Å². The number of anilines is 1. The summed E-state index contributed by atoms with van der Waals surface area (Å²) in [6.07, 6.45) is 2.75.